The Hall–Kier alpha value is -1.86. The Kier molecular flexibility index (Phi) is 4.91. The van der Waals surface area contributed by atoms with Crippen molar-refractivity contribution in [3.8, 4) is 0 Å². The summed E-state index contributed by atoms with van der Waals surface area (Å²) in [6.45, 7) is 3.89. The van der Waals surface area contributed by atoms with Gasteiger partial charge >= 0.3 is 0 Å². The van der Waals surface area contributed by atoms with E-state index >= 15 is 0 Å². The van der Waals surface area contributed by atoms with Crippen molar-refractivity contribution in [2.75, 3.05) is 18.4 Å². The smallest absolute Gasteiger partial charge is 0.243 e. The van der Waals surface area contributed by atoms with Gasteiger partial charge in [0, 0.05) is 32.0 Å². The first-order valence-corrected chi connectivity index (χ1v) is 9.74. The quantitative estimate of drug-likeness (QED) is 0.901. The maximum absolute atomic E-state index is 12.6. The van der Waals surface area contributed by atoms with Gasteiger partial charge in [-0.15, -0.1) is 0 Å². The van der Waals surface area contributed by atoms with E-state index < -0.39 is 10.0 Å². The lowest BCUT2D eigenvalue weighted by molar-refractivity contribution is 0.346. The summed E-state index contributed by atoms with van der Waals surface area (Å²) in [4.78, 5) is 0.365. The summed E-state index contributed by atoms with van der Waals surface area (Å²) in [5.41, 5.74) is 3.01. The summed E-state index contributed by atoms with van der Waals surface area (Å²) in [7, 11) is -1.46. The normalized spacial score (nSPS) is 16.2. The molecule has 0 atom stereocenters. The molecule has 1 aliphatic heterocycles. The van der Waals surface area contributed by atoms with Crippen LogP contribution in [-0.2, 0) is 23.6 Å². The molecule has 0 amide bonds. The van der Waals surface area contributed by atoms with Crippen molar-refractivity contribution in [1.82, 2.24) is 14.1 Å². The molecule has 2 aromatic rings. The van der Waals surface area contributed by atoms with Crippen LogP contribution in [0.4, 0.5) is 5.69 Å². The van der Waals surface area contributed by atoms with Crippen LogP contribution in [0, 0.1) is 6.92 Å². The number of hydrogen-bond donors (Lipinski definition) is 1. The predicted molar refractivity (Wildman–Crippen MR) is 94.3 cm³/mol. The van der Waals surface area contributed by atoms with E-state index in [0.717, 1.165) is 36.2 Å². The first-order valence-electron chi connectivity index (χ1n) is 8.30. The predicted octanol–water partition coefficient (Wildman–Crippen LogP) is 2.52. The van der Waals surface area contributed by atoms with E-state index in [4.69, 9.17) is 0 Å². The molecule has 0 radical (unpaired) electrons. The van der Waals surface area contributed by atoms with Gasteiger partial charge in [0.05, 0.1) is 17.1 Å². The van der Waals surface area contributed by atoms with Gasteiger partial charge in [-0.3, -0.25) is 4.68 Å². The number of rotatable bonds is 5. The molecule has 1 fully saturated rings. The van der Waals surface area contributed by atoms with Crippen molar-refractivity contribution in [2.45, 2.75) is 37.6 Å². The minimum atomic E-state index is -3.36. The van der Waals surface area contributed by atoms with E-state index in [1.54, 1.807) is 21.1 Å². The van der Waals surface area contributed by atoms with E-state index in [0.29, 0.717) is 24.5 Å². The zero-order valence-electron chi connectivity index (χ0n) is 14.2. The number of benzene rings is 1. The van der Waals surface area contributed by atoms with Gasteiger partial charge in [-0.2, -0.15) is 9.40 Å². The summed E-state index contributed by atoms with van der Waals surface area (Å²) in [6, 6.07) is 6.99. The SMILES string of the molecule is Cc1cn(C)nc1CNc1ccc(S(=O)(=O)N2CCCCC2)cc1. The number of sulfonamides is 1. The molecule has 1 N–H and O–H groups in total. The second-order valence-electron chi connectivity index (χ2n) is 6.28. The van der Waals surface area contributed by atoms with Gasteiger partial charge in [0.25, 0.3) is 0 Å². The van der Waals surface area contributed by atoms with Crippen molar-refractivity contribution in [1.29, 1.82) is 0 Å². The van der Waals surface area contributed by atoms with Gasteiger partial charge < -0.3 is 5.32 Å². The van der Waals surface area contributed by atoms with Crippen LogP contribution >= 0.6 is 0 Å². The molecule has 0 bridgehead atoms. The van der Waals surface area contributed by atoms with Crippen molar-refractivity contribution >= 4 is 15.7 Å². The van der Waals surface area contributed by atoms with Crippen molar-refractivity contribution in [2.24, 2.45) is 7.05 Å². The van der Waals surface area contributed by atoms with Crippen molar-refractivity contribution < 1.29 is 8.42 Å². The number of nitrogens with one attached hydrogen (secondary N) is 1. The Balaban J connectivity index is 1.67. The molecule has 3 rings (SSSR count). The van der Waals surface area contributed by atoms with Crippen LogP contribution in [0.3, 0.4) is 0 Å². The third-order valence-corrected chi connectivity index (χ3v) is 6.29. The molecule has 0 unspecified atom stereocenters. The van der Waals surface area contributed by atoms with Crippen LogP contribution in [0.2, 0.25) is 0 Å². The zero-order chi connectivity index (χ0) is 17.2. The van der Waals surface area contributed by atoms with Gasteiger partial charge in [0.2, 0.25) is 10.0 Å². The Morgan fingerprint density at radius 3 is 2.38 bits per heavy atom. The minimum absolute atomic E-state index is 0.365. The fraction of sp³-hybridized carbons (Fsp3) is 0.471. The van der Waals surface area contributed by atoms with Crippen LogP contribution in [0.25, 0.3) is 0 Å². The monoisotopic (exact) mass is 348 g/mol. The number of anilines is 1. The Labute approximate surface area is 143 Å². The molecule has 0 spiro atoms. The highest BCUT2D eigenvalue weighted by Gasteiger charge is 2.25. The highest BCUT2D eigenvalue weighted by Crippen LogP contribution is 2.22. The number of aryl methyl sites for hydroxylation is 2. The number of nitrogens with zero attached hydrogens (tertiary/aromatic N) is 3. The molecule has 1 aliphatic rings. The first-order chi connectivity index (χ1) is 11.5. The molecule has 1 saturated heterocycles. The van der Waals surface area contributed by atoms with Gasteiger partial charge in [-0.1, -0.05) is 6.42 Å². The molecular weight excluding hydrogens is 324 g/mol. The summed E-state index contributed by atoms with van der Waals surface area (Å²) in [5, 5.41) is 7.68. The highest BCUT2D eigenvalue weighted by atomic mass is 32.2. The minimum Gasteiger partial charge on any atom is -0.379 e. The Morgan fingerprint density at radius 2 is 1.79 bits per heavy atom. The van der Waals surface area contributed by atoms with Gasteiger partial charge in [-0.05, 0) is 49.6 Å². The highest BCUT2D eigenvalue weighted by molar-refractivity contribution is 7.89. The molecule has 0 aliphatic carbocycles. The maximum atomic E-state index is 12.6. The zero-order valence-corrected chi connectivity index (χ0v) is 15.0. The van der Waals surface area contributed by atoms with Crippen LogP contribution in [0.1, 0.15) is 30.5 Å². The van der Waals surface area contributed by atoms with Gasteiger partial charge in [-0.25, -0.2) is 8.42 Å². The molecule has 7 heteroatoms. The first kappa shape index (κ1) is 17.0. The van der Waals surface area contributed by atoms with E-state index in [-0.39, 0.29) is 0 Å². The van der Waals surface area contributed by atoms with Gasteiger partial charge in [0.15, 0.2) is 0 Å². The molecule has 6 nitrogen and oxygen atoms in total. The van der Waals surface area contributed by atoms with E-state index in [9.17, 15) is 8.42 Å². The van der Waals surface area contributed by atoms with E-state index in [1.165, 1.54) is 0 Å². The van der Waals surface area contributed by atoms with E-state index in [2.05, 4.69) is 10.4 Å². The summed E-state index contributed by atoms with van der Waals surface area (Å²) in [5.74, 6) is 0. The average Bonchev–Trinajstić information content (AvgIpc) is 2.91. The number of piperidine rings is 1. The lowest BCUT2D eigenvalue weighted by Crippen LogP contribution is -2.35. The van der Waals surface area contributed by atoms with Crippen LogP contribution in [-0.4, -0.2) is 35.6 Å². The second-order valence-corrected chi connectivity index (χ2v) is 8.21. The summed E-state index contributed by atoms with van der Waals surface area (Å²) >= 11 is 0. The molecule has 0 saturated carbocycles. The molecule has 1 aromatic heterocycles. The van der Waals surface area contributed by atoms with Crippen molar-refractivity contribution in [3.63, 3.8) is 0 Å². The average molecular weight is 348 g/mol. The fourth-order valence-electron chi connectivity index (χ4n) is 3.01. The maximum Gasteiger partial charge on any atom is 0.243 e. The topological polar surface area (TPSA) is 67.2 Å². The Bertz CT molecular complexity index is 790. The van der Waals surface area contributed by atoms with Crippen molar-refractivity contribution in [3.05, 3.63) is 41.7 Å². The van der Waals surface area contributed by atoms with E-state index in [1.807, 2.05) is 32.3 Å². The number of aromatic nitrogens is 2. The molecular formula is C17H24N4O2S. The summed E-state index contributed by atoms with van der Waals surface area (Å²) in [6.07, 6.45) is 4.98. The standard InChI is InChI=1S/C17H24N4O2S/c1-14-13-20(2)19-17(14)12-18-15-6-8-16(9-7-15)24(22,23)21-10-4-3-5-11-21/h6-9,13,18H,3-5,10-12H2,1-2H3. The molecule has 2 heterocycles. The second kappa shape index (κ2) is 6.94. The van der Waals surface area contributed by atoms with Crippen LogP contribution in [0.5, 0.6) is 0 Å². The molecule has 1 aromatic carbocycles. The lowest BCUT2D eigenvalue weighted by atomic mass is 10.2. The third kappa shape index (κ3) is 3.62. The number of hydrogen-bond acceptors (Lipinski definition) is 4. The molecule has 130 valence electrons. The Morgan fingerprint density at radius 1 is 1.12 bits per heavy atom. The largest absolute Gasteiger partial charge is 0.379 e. The summed E-state index contributed by atoms with van der Waals surface area (Å²) < 4.78 is 28.6. The third-order valence-electron chi connectivity index (χ3n) is 4.38. The van der Waals surface area contributed by atoms with Crippen LogP contribution in [0.15, 0.2) is 35.4 Å². The fourth-order valence-corrected chi connectivity index (χ4v) is 4.53. The lowest BCUT2D eigenvalue weighted by Gasteiger charge is -2.25. The van der Waals surface area contributed by atoms with Crippen LogP contribution < -0.4 is 5.32 Å². The molecule has 24 heavy (non-hydrogen) atoms. The van der Waals surface area contributed by atoms with Gasteiger partial charge in [0.1, 0.15) is 0 Å².